The molecule has 4 nitrogen and oxygen atoms in total. The molecule has 22 heavy (non-hydrogen) atoms. The zero-order valence-electron chi connectivity index (χ0n) is 12.3. The number of fused-ring (bicyclic) bond motifs is 1. The molecule has 2 heterocycles. The SMILES string of the molecule is CC(N)Cc1cc2nc(Cl)cc(NCc3ccccc3)c2o1. The normalized spacial score (nSPS) is 12.5. The van der Waals surface area contributed by atoms with Crippen LogP contribution in [0.2, 0.25) is 5.15 Å². The highest BCUT2D eigenvalue weighted by Crippen LogP contribution is 2.29. The minimum absolute atomic E-state index is 0.0387. The molecule has 114 valence electrons. The number of aromatic nitrogens is 1. The van der Waals surface area contributed by atoms with Crippen LogP contribution < -0.4 is 11.1 Å². The molecule has 0 saturated heterocycles. The van der Waals surface area contributed by atoms with Crippen LogP contribution in [0, 0.1) is 0 Å². The van der Waals surface area contributed by atoms with Gasteiger partial charge in [-0.3, -0.25) is 0 Å². The summed E-state index contributed by atoms with van der Waals surface area (Å²) in [6, 6.07) is 13.9. The van der Waals surface area contributed by atoms with Gasteiger partial charge in [0.1, 0.15) is 16.4 Å². The van der Waals surface area contributed by atoms with E-state index in [1.54, 1.807) is 6.07 Å². The average Bonchev–Trinajstić information content (AvgIpc) is 2.87. The molecular formula is C17H18ClN3O. The topological polar surface area (TPSA) is 64.1 Å². The Morgan fingerprint density at radius 2 is 2.05 bits per heavy atom. The van der Waals surface area contributed by atoms with Crippen LogP contribution in [0.1, 0.15) is 18.2 Å². The largest absolute Gasteiger partial charge is 0.457 e. The van der Waals surface area contributed by atoms with E-state index >= 15 is 0 Å². The molecule has 5 heteroatoms. The lowest BCUT2D eigenvalue weighted by atomic mass is 10.2. The maximum absolute atomic E-state index is 6.10. The lowest BCUT2D eigenvalue weighted by Gasteiger charge is -2.07. The predicted octanol–water partition coefficient (Wildman–Crippen LogP) is 3.98. The molecule has 0 saturated carbocycles. The van der Waals surface area contributed by atoms with Crippen molar-refractivity contribution in [3.63, 3.8) is 0 Å². The molecule has 1 aromatic carbocycles. The molecule has 0 radical (unpaired) electrons. The number of rotatable bonds is 5. The molecule has 3 rings (SSSR count). The second kappa shape index (κ2) is 6.38. The van der Waals surface area contributed by atoms with Gasteiger partial charge in [0.05, 0.1) is 5.69 Å². The van der Waals surface area contributed by atoms with Crippen LogP contribution in [0.4, 0.5) is 5.69 Å². The van der Waals surface area contributed by atoms with Gasteiger partial charge >= 0.3 is 0 Å². The summed E-state index contributed by atoms with van der Waals surface area (Å²) in [6.45, 7) is 2.64. The summed E-state index contributed by atoms with van der Waals surface area (Å²) in [7, 11) is 0. The Kier molecular flexibility index (Phi) is 4.32. The summed E-state index contributed by atoms with van der Waals surface area (Å²) in [5, 5.41) is 3.80. The van der Waals surface area contributed by atoms with Crippen molar-refractivity contribution in [1.82, 2.24) is 4.98 Å². The Hall–Kier alpha value is -2.04. The highest BCUT2D eigenvalue weighted by Gasteiger charge is 2.12. The molecule has 3 N–H and O–H groups in total. The molecule has 2 aromatic heterocycles. The first-order chi connectivity index (χ1) is 10.6. The fourth-order valence-electron chi connectivity index (χ4n) is 2.38. The first kappa shape index (κ1) is 14.9. The standard InChI is InChI=1S/C17H18ClN3O/c1-11(19)7-13-8-15-17(22-13)14(9-16(18)21-15)20-10-12-5-3-2-4-6-12/h2-6,8-9,11H,7,10,19H2,1H3,(H,20,21). The fraction of sp³-hybridized carbons (Fsp3) is 0.235. The smallest absolute Gasteiger partial charge is 0.175 e. The summed E-state index contributed by atoms with van der Waals surface area (Å²) in [5.41, 5.74) is 9.32. The van der Waals surface area contributed by atoms with Gasteiger partial charge in [0.2, 0.25) is 0 Å². The van der Waals surface area contributed by atoms with Crippen LogP contribution in [0.25, 0.3) is 11.1 Å². The van der Waals surface area contributed by atoms with Gasteiger partial charge in [-0.2, -0.15) is 0 Å². The van der Waals surface area contributed by atoms with E-state index in [0.29, 0.717) is 18.1 Å². The van der Waals surface area contributed by atoms with Crippen molar-refractivity contribution < 1.29 is 4.42 Å². The van der Waals surface area contributed by atoms with Crippen molar-refractivity contribution in [3.8, 4) is 0 Å². The van der Waals surface area contributed by atoms with Gasteiger partial charge < -0.3 is 15.5 Å². The van der Waals surface area contributed by atoms with Gasteiger partial charge in [-0.1, -0.05) is 41.9 Å². The van der Waals surface area contributed by atoms with Crippen LogP contribution in [-0.4, -0.2) is 11.0 Å². The van der Waals surface area contributed by atoms with Gasteiger partial charge in [-0.15, -0.1) is 0 Å². The van der Waals surface area contributed by atoms with Gasteiger partial charge in [-0.25, -0.2) is 4.98 Å². The zero-order chi connectivity index (χ0) is 15.5. The number of furan rings is 1. The molecule has 0 fully saturated rings. The van der Waals surface area contributed by atoms with E-state index in [1.807, 2.05) is 31.2 Å². The van der Waals surface area contributed by atoms with Gasteiger partial charge in [0, 0.05) is 31.1 Å². The minimum atomic E-state index is 0.0387. The molecule has 0 aliphatic rings. The first-order valence-electron chi connectivity index (χ1n) is 7.24. The van der Waals surface area contributed by atoms with Crippen molar-refractivity contribution in [2.45, 2.75) is 25.9 Å². The second-order valence-electron chi connectivity index (χ2n) is 5.44. The number of hydrogen-bond acceptors (Lipinski definition) is 4. The zero-order valence-corrected chi connectivity index (χ0v) is 13.1. The van der Waals surface area contributed by atoms with E-state index < -0.39 is 0 Å². The molecule has 1 unspecified atom stereocenters. The van der Waals surface area contributed by atoms with Crippen LogP contribution in [-0.2, 0) is 13.0 Å². The fourth-order valence-corrected chi connectivity index (χ4v) is 2.58. The quantitative estimate of drug-likeness (QED) is 0.699. The Balaban J connectivity index is 1.89. The number of anilines is 1. The van der Waals surface area contributed by atoms with Crippen LogP contribution >= 0.6 is 11.6 Å². The summed E-state index contributed by atoms with van der Waals surface area (Å²) < 4.78 is 5.89. The van der Waals surface area contributed by atoms with Crippen molar-refractivity contribution in [3.05, 3.63) is 58.9 Å². The van der Waals surface area contributed by atoms with E-state index in [4.69, 9.17) is 21.8 Å². The predicted molar refractivity (Wildman–Crippen MR) is 90.1 cm³/mol. The summed E-state index contributed by atoms with van der Waals surface area (Å²) in [6.07, 6.45) is 0.673. The van der Waals surface area contributed by atoms with Crippen molar-refractivity contribution >= 4 is 28.4 Å². The number of benzene rings is 1. The Bertz CT molecular complexity index is 768. The van der Waals surface area contributed by atoms with Crippen LogP contribution in [0.15, 0.2) is 46.9 Å². The third kappa shape index (κ3) is 3.40. The van der Waals surface area contributed by atoms with E-state index in [1.165, 1.54) is 5.56 Å². The van der Waals surface area contributed by atoms with Crippen LogP contribution in [0.3, 0.4) is 0 Å². The highest BCUT2D eigenvalue weighted by molar-refractivity contribution is 6.30. The van der Waals surface area contributed by atoms with Gasteiger partial charge in [-0.05, 0) is 12.5 Å². The van der Waals surface area contributed by atoms with Crippen molar-refractivity contribution in [1.29, 1.82) is 0 Å². The minimum Gasteiger partial charge on any atom is -0.457 e. The highest BCUT2D eigenvalue weighted by atomic mass is 35.5. The maximum Gasteiger partial charge on any atom is 0.175 e. The average molecular weight is 316 g/mol. The molecule has 0 bridgehead atoms. The Labute approximate surface area is 134 Å². The molecule has 1 atom stereocenters. The van der Waals surface area contributed by atoms with Gasteiger partial charge in [0.25, 0.3) is 0 Å². The molecule has 0 aliphatic heterocycles. The number of halogens is 1. The number of nitrogens with one attached hydrogen (secondary N) is 1. The first-order valence-corrected chi connectivity index (χ1v) is 7.62. The van der Waals surface area contributed by atoms with Crippen molar-refractivity contribution in [2.75, 3.05) is 5.32 Å². The molecule has 0 spiro atoms. The number of hydrogen-bond donors (Lipinski definition) is 2. The van der Waals surface area contributed by atoms with Gasteiger partial charge in [0.15, 0.2) is 5.58 Å². The Morgan fingerprint density at radius 1 is 1.27 bits per heavy atom. The van der Waals surface area contributed by atoms with E-state index in [2.05, 4.69) is 22.4 Å². The van der Waals surface area contributed by atoms with E-state index in [9.17, 15) is 0 Å². The summed E-state index contributed by atoms with van der Waals surface area (Å²) >= 11 is 6.10. The third-order valence-corrected chi connectivity index (χ3v) is 3.54. The van der Waals surface area contributed by atoms with Crippen molar-refractivity contribution in [2.24, 2.45) is 5.73 Å². The number of nitrogens with two attached hydrogens (primary N) is 1. The summed E-state index contributed by atoms with van der Waals surface area (Å²) in [5.74, 6) is 0.822. The second-order valence-corrected chi connectivity index (χ2v) is 5.83. The molecule has 3 aromatic rings. The van der Waals surface area contributed by atoms with E-state index in [0.717, 1.165) is 22.5 Å². The third-order valence-electron chi connectivity index (χ3n) is 3.35. The maximum atomic E-state index is 6.10. The summed E-state index contributed by atoms with van der Waals surface area (Å²) in [4.78, 5) is 4.31. The molecule has 0 amide bonds. The molecule has 0 aliphatic carbocycles. The lowest BCUT2D eigenvalue weighted by molar-refractivity contribution is 0.526. The lowest BCUT2D eigenvalue weighted by Crippen LogP contribution is -2.17. The number of nitrogens with zero attached hydrogens (tertiary/aromatic N) is 1. The molecular weight excluding hydrogens is 298 g/mol. The number of pyridine rings is 1. The Morgan fingerprint density at radius 3 is 2.77 bits per heavy atom. The van der Waals surface area contributed by atoms with E-state index in [-0.39, 0.29) is 6.04 Å². The van der Waals surface area contributed by atoms with Crippen LogP contribution in [0.5, 0.6) is 0 Å². The monoisotopic (exact) mass is 315 g/mol.